The molecule has 164 valence electrons. The molecule has 1 saturated heterocycles. The Morgan fingerprint density at radius 1 is 1.13 bits per heavy atom. The summed E-state index contributed by atoms with van der Waals surface area (Å²) in [5.74, 6) is 2.58. The van der Waals surface area contributed by atoms with Crippen molar-refractivity contribution in [2.45, 2.75) is 19.4 Å². The summed E-state index contributed by atoms with van der Waals surface area (Å²) in [7, 11) is 3.14. The van der Waals surface area contributed by atoms with Gasteiger partial charge in [-0.25, -0.2) is 0 Å². The second-order valence-electron chi connectivity index (χ2n) is 6.92. The Hall–Kier alpha value is -2.48. The normalized spacial score (nSPS) is 15.2. The minimum Gasteiger partial charge on any atom is -0.496 e. The minimum absolute atomic E-state index is 0. The van der Waals surface area contributed by atoms with Crippen molar-refractivity contribution in [2.75, 3.05) is 34.0 Å². The Bertz CT molecular complexity index is 840. The highest BCUT2D eigenvalue weighted by molar-refractivity contribution is 5.94. The molecule has 7 nitrogen and oxygen atoms in total. The molecule has 0 saturated carbocycles. The molecule has 1 unspecified atom stereocenters. The van der Waals surface area contributed by atoms with Gasteiger partial charge in [0.05, 0.1) is 14.2 Å². The summed E-state index contributed by atoms with van der Waals surface area (Å²) in [4.78, 5) is 12.5. The lowest BCUT2D eigenvalue weighted by molar-refractivity contribution is 0.0950. The van der Waals surface area contributed by atoms with Gasteiger partial charge in [0.2, 0.25) is 0 Å². The molecular formula is C22H29ClN2O5. The van der Waals surface area contributed by atoms with Crippen molar-refractivity contribution in [1.82, 2.24) is 5.32 Å². The van der Waals surface area contributed by atoms with Crippen LogP contribution >= 0.6 is 12.4 Å². The van der Waals surface area contributed by atoms with Crippen LogP contribution in [0.2, 0.25) is 0 Å². The molecule has 1 fully saturated rings. The van der Waals surface area contributed by atoms with E-state index in [4.69, 9.17) is 24.7 Å². The number of amides is 1. The first-order valence-corrected chi connectivity index (χ1v) is 9.73. The van der Waals surface area contributed by atoms with E-state index < -0.39 is 0 Å². The predicted molar refractivity (Wildman–Crippen MR) is 117 cm³/mol. The number of nitrogens with two attached hydrogens (primary N) is 1. The van der Waals surface area contributed by atoms with Crippen molar-refractivity contribution < 1.29 is 23.7 Å². The van der Waals surface area contributed by atoms with Crippen LogP contribution in [-0.2, 0) is 11.3 Å². The molecule has 0 aromatic heterocycles. The van der Waals surface area contributed by atoms with Crippen LogP contribution in [0.1, 0.15) is 28.8 Å². The molecule has 0 bridgehead atoms. The number of nitrogens with one attached hydrogen (secondary N) is 1. The first kappa shape index (κ1) is 23.8. The zero-order valence-electron chi connectivity index (χ0n) is 17.3. The van der Waals surface area contributed by atoms with Crippen LogP contribution in [0.3, 0.4) is 0 Å². The van der Waals surface area contributed by atoms with E-state index in [0.717, 1.165) is 31.6 Å². The minimum atomic E-state index is -0.146. The first-order chi connectivity index (χ1) is 14.1. The molecule has 0 aliphatic carbocycles. The molecule has 1 amide bonds. The second-order valence-corrected chi connectivity index (χ2v) is 6.92. The highest BCUT2D eigenvalue weighted by Crippen LogP contribution is 2.34. The molecule has 30 heavy (non-hydrogen) atoms. The molecule has 1 aliphatic rings. The van der Waals surface area contributed by atoms with E-state index in [0.29, 0.717) is 47.6 Å². The SMILES string of the molecule is COc1cc(Oc2cc(C(=O)NCCC3CCOC3)ccc2OC)ccc1CN.Cl. The summed E-state index contributed by atoms with van der Waals surface area (Å²) in [6.07, 6.45) is 1.97. The van der Waals surface area contributed by atoms with Gasteiger partial charge < -0.3 is 30.0 Å². The van der Waals surface area contributed by atoms with E-state index in [9.17, 15) is 4.79 Å². The second kappa shape index (κ2) is 11.6. The number of carbonyl (C=O) groups excluding carboxylic acids is 1. The van der Waals surface area contributed by atoms with Gasteiger partial charge in [-0.15, -0.1) is 12.4 Å². The molecule has 1 atom stereocenters. The number of carbonyl (C=O) groups is 1. The predicted octanol–water partition coefficient (Wildman–Crippen LogP) is 3.53. The molecule has 0 spiro atoms. The van der Waals surface area contributed by atoms with Gasteiger partial charge >= 0.3 is 0 Å². The number of hydrogen-bond acceptors (Lipinski definition) is 6. The van der Waals surface area contributed by atoms with Crippen molar-refractivity contribution >= 4 is 18.3 Å². The molecule has 0 radical (unpaired) electrons. The molecule has 3 rings (SSSR count). The van der Waals surface area contributed by atoms with E-state index >= 15 is 0 Å². The average molecular weight is 437 g/mol. The van der Waals surface area contributed by atoms with Gasteiger partial charge in [-0.05, 0) is 43.0 Å². The summed E-state index contributed by atoms with van der Waals surface area (Å²) < 4.78 is 22.1. The maximum atomic E-state index is 12.5. The van der Waals surface area contributed by atoms with Crippen LogP contribution < -0.4 is 25.3 Å². The Morgan fingerprint density at radius 2 is 1.93 bits per heavy atom. The topological polar surface area (TPSA) is 92.0 Å². The lowest BCUT2D eigenvalue weighted by atomic mass is 10.1. The van der Waals surface area contributed by atoms with Gasteiger partial charge in [-0.3, -0.25) is 4.79 Å². The average Bonchev–Trinajstić information content (AvgIpc) is 3.27. The molecule has 1 aliphatic heterocycles. The van der Waals surface area contributed by atoms with Gasteiger partial charge in [0.25, 0.3) is 5.91 Å². The highest BCUT2D eigenvalue weighted by atomic mass is 35.5. The van der Waals surface area contributed by atoms with Gasteiger partial charge in [0.1, 0.15) is 11.5 Å². The summed E-state index contributed by atoms with van der Waals surface area (Å²) in [6, 6.07) is 10.5. The molecule has 3 N–H and O–H groups in total. The van der Waals surface area contributed by atoms with Crippen molar-refractivity contribution in [3.05, 3.63) is 47.5 Å². The van der Waals surface area contributed by atoms with E-state index in [1.165, 1.54) is 0 Å². The van der Waals surface area contributed by atoms with E-state index in [1.807, 2.05) is 6.07 Å². The Morgan fingerprint density at radius 3 is 2.60 bits per heavy atom. The van der Waals surface area contributed by atoms with Crippen LogP contribution in [-0.4, -0.2) is 39.9 Å². The monoisotopic (exact) mass is 436 g/mol. The lowest BCUT2D eigenvalue weighted by Crippen LogP contribution is -2.26. The summed E-state index contributed by atoms with van der Waals surface area (Å²) in [5, 5.41) is 2.96. The fraction of sp³-hybridized carbons (Fsp3) is 0.409. The Balaban J connectivity index is 0.00000320. The Kier molecular flexibility index (Phi) is 9.23. The van der Waals surface area contributed by atoms with Gasteiger partial charge in [0, 0.05) is 43.5 Å². The summed E-state index contributed by atoms with van der Waals surface area (Å²) >= 11 is 0. The quantitative estimate of drug-likeness (QED) is 0.624. The number of methoxy groups -OCH3 is 2. The molecule has 2 aromatic rings. The lowest BCUT2D eigenvalue weighted by Gasteiger charge is -2.14. The third kappa shape index (κ3) is 6.01. The van der Waals surface area contributed by atoms with E-state index in [1.54, 1.807) is 44.6 Å². The van der Waals surface area contributed by atoms with Crippen molar-refractivity contribution in [1.29, 1.82) is 0 Å². The zero-order valence-corrected chi connectivity index (χ0v) is 18.1. The number of halogens is 1. The van der Waals surface area contributed by atoms with E-state index in [2.05, 4.69) is 5.32 Å². The van der Waals surface area contributed by atoms with Gasteiger partial charge in [-0.1, -0.05) is 6.07 Å². The highest BCUT2D eigenvalue weighted by Gasteiger charge is 2.17. The summed E-state index contributed by atoms with van der Waals surface area (Å²) in [6.45, 7) is 2.58. The van der Waals surface area contributed by atoms with E-state index in [-0.39, 0.29) is 18.3 Å². The largest absolute Gasteiger partial charge is 0.496 e. The third-order valence-electron chi connectivity index (χ3n) is 4.99. The van der Waals surface area contributed by atoms with Crippen LogP contribution in [0.4, 0.5) is 0 Å². The number of ether oxygens (including phenoxy) is 4. The number of benzene rings is 2. The molecule has 8 heteroatoms. The molecule has 2 aromatic carbocycles. The van der Waals surface area contributed by atoms with Crippen LogP contribution in [0.25, 0.3) is 0 Å². The van der Waals surface area contributed by atoms with Gasteiger partial charge in [-0.2, -0.15) is 0 Å². The standard InChI is InChI=1S/C22H28N2O5.ClH/c1-26-19-6-4-16(22(25)24-9-7-15-8-10-28-14-15)11-21(19)29-18-5-3-17(13-23)20(12-18)27-2;/h3-6,11-12,15H,7-10,13-14,23H2,1-2H3,(H,24,25);1H. The maximum absolute atomic E-state index is 12.5. The van der Waals surface area contributed by atoms with Crippen LogP contribution in [0.5, 0.6) is 23.0 Å². The fourth-order valence-corrected chi connectivity index (χ4v) is 3.28. The smallest absolute Gasteiger partial charge is 0.251 e. The van der Waals surface area contributed by atoms with Gasteiger partial charge in [0.15, 0.2) is 11.5 Å². The molecule has 1 heterocycles. The van der Waals surface area contributed by atoms with Crippen LogP contribution in [0, 0.1) is 5.92 Å². The van der Waals surface area contributed by atoms with Crippen molar-refractivity contribution in [2.24, 2.45) is 11.7 Å². The van der Waals surface area contributed by atoms with Crippen LogP contribution in [0.15, 0.2) is 36.4 Å². The summed E-state index contributed by atoms with van der Waals surface area (Å²) in [5.41, 5.74) is 7.11. The molecular weight excluding hydrogens is 408 g/mol. The third-order valence-corrected chi connectivity index (χ3v) is 4.99. The number of hydrogen-bond donors (Lipinski definition) is 2. The number of rotatable bonds is 9. The fourth-order valence-electron chi connectivity index (χ4n) is 3.28. The van der Waals surface area contributed by atoms with Crippen molar-refractivity contribution in [3.8, 4) is 23.0 Å². The maximum Gasteiger partial charge on any atom is 0.251 e. The first-order valence-electron chi connectivity index (χ1n) is 9.73. The van der Waals surface area contributed by atoms with Crippen molar-refractivity contribution in [3.63, 3.8) is 0 Å². The zero-order chi connectivity index (χ0) is 20.6. The Labute approximate surface area is 183 Å².